The number of hydrogen-bond donors (Lipinski definition) is 10. The molecule has 10 N–H and O–H groups in total. The van der Waals surface area contributed by atoms with E-state index in [-0.39, 0.29) is 0 Å². The molecule has 282 valence electrons. The highest BCUT2D eigenvalue weighted by atomic mass is 16.5. The van der Waals surface area contributed by atoms with E-state index in [0.29, 0.717) is 0 Å². The summed E-state index contributed by atoms with van der Waals surface area (Å²) in [5, 5.41) is 66.2. The number of carboxylic acid groups (broad SMARTS) is 8. The Hall–Kier alpha value is -6.80. The van der Waals surface area contributed by atoms with Gasteiger partial charge in [-0.1, -0.05) is 36.4 Å². The van der Waals surface area contributed by atoms with Gasteiger partial charge in [-0.05, 0) is 73.2 Å². The van der Waals surface area contributed by atoms with Crippen LogP contribution in [-0.4, -0.2) is 112 Å². The molecule has 0 saturated carbocycles. The van der Waals surface area contributed by atoms with Crippen molar-refractivity contribution in [2.24, 2.45) is 0 Å². The number of carbonyl (C=O) groups is 8. The Bertz CT molecular complexity index is 1360. The molecule has 0 atom stereocenters. The summed E-state index contributed by atoms with van der Waals surface area (Å²) in [5.74, 6) is -14.6. The molecule has 3 aromatic rings. The Morgan fingerprint density at radius 1 is 0.442 bits per heavy atom. The van der Waals surface area contributed by atoms with Gasteiger partial charge in [0, 0.05) is 37.9 Å². The minimum Gasteiger partial charge on any atom is -0.473 e. The molecule has 0 unspecified atom stereocenters. The van der Waals surface area contributed by atoms with Gasteiger partial charge >= 0.3 is 47.8 Å². The number of nitrogens with one attached hydrogen (secondary N) is 2. The van der Waals surface area contributed by atoms with Gasteiger partial charge in [0.05, 0.1) is 0 Å². The summed E-state index contributed by atoms with van der Waals surface area (Å²) in [6.45, 7) is 3.88. The normalized spacial score (nSPS) is 9.23. The van der Waals surface area contributed by atoms with Gasteiger partial charge < -0.3 is 51.5 Å². The topological polar surface area (TPSA) is 348 Å². The van der Waals surface area contributed by atoms with Crippen LogP contribution in [0.2, 0.25) is 0 Å². The van der Waals surface area contributed by atoms with Crippen molar-refractivity contribution in [2.45, 2.75) is 38.8 Å². The van der Waals surface area contributed by atoms with E-state index in [1.807, 2.05) is 36.9 Å². The first-order valence-corrected chi connectivity index (χ1v) is 14.6. The van der Waals surface area contributed by atoms with Crippen LogP contribution in [0.25, 0.3) is 0 Å². The van der Waals surface area contributed by atoms with Gasteiger partial charge in [-0.15, -0.1) is 0 Å². The van der Waals surface area contributed by atoms with Crippen molar-refractivity contribution in [3.05, 3.63) is 95.6 Å². The third-order valence-corrected chi connectivity index (χ3v) is 5.47. The summed E-state index contributed by atoms with van der Waals surface area (Å²) in [4.78, 5) is 81.1. The first-order valence-electron chi connectivity index (χ1n) is 14.6. The van der Waals surface area contributed by atoms with Gasteiger partial charge in [0.1, 0.15) is 0 Å². The molecule has 1 aromatic carbocycles. The fourth-order valence-corrected chi connectivity index (χ4v) is 3.24. The third-order valence-electron chi connectivity index (χ3n) is 5.47. The molecule has 0 aliphatic heterocycles. The predicted molar refractivity (Wildman–Crippen MR) is 176 cm³/mol. The molecule has 2 aromatic heterocycles. The number of benzene rings is 1. The van der Waals surface area contributed by atoms with Gasteiger partial charge in [0.2, 0.25) is 0 Å². The number of pyridine rings is 2. The number of aliphatic carboxylic acids is 8. The Morgan fingerprint density at radius 3 is 0.981 bits per heavy atom. The summed E-state index contributed by atoms with van der Waals surface area (Å²) in [7, 11) is 0. The summed E-state index contributed by atoms with van der Waals surface area (Å²) in [6, 6.07) is 17.1. The van der Waals surface area contributed by atoms with Gasteiger partial charge in [-0.2, -0.15) is 0 Å². The monoisotopic (exact) mass is 734 g/mol. The number of rotatable bonds is 12. The Morgan fingerprint density at radius 2 is 0.731 bits per heavy atom. The first kappa shape index (κ1) is 47.3. The average molecular weight is 735 g/mol. The zero-order chi connectivity index (χ0) is 39.9. The molecule has 0 aliphatic carbocycles. The number of aromatic nitrogens is 2. The molecule has 0 bridgehead atoms. The van der Waals surface area contributed by atoms with E-state index in [1.54, 1.807) is 0 Å². The highest BCUT2D eigenvalue weighted by molar-refractivity contribution is 6.28. The second-order valence-electron chi connectivity index (χ2n) is 9.54. The van der Waals surface area contributed by atoms with Crippen LogP contribution in [0.15, 0.2) is 73.3 Å². The number of carboxylic acids is 8. The molecular weight excluding hydrogens is 696 g/mol. The fourth-order valence-electron chi connectivity index (χ4n) is 3.24. The van der Waals surface area contributed by atoms with Gasteiger partial charge in [-0.25, -0.2) is 38.4 Å². The molecule has 0 amide bonds. The van der Waals surface area contributed by atoms with E-state index in [4.69, 9.17) is 79.2 Å². The molecule has 0 radical (unpaired) electrons. The highest BCUT2D eigenvalue weighted by Crippen LogP contribution is 2.06. The number of nitrogens with zero attached hydrogens (tertiary/aromatic N) is 2. The lowest BCUT2D eigenvalue weighted by atomic mass is 10.1. The number of hydrogen-bond acceptors (Lipinski definition) is 12. The number of aryl methyl sites for hydroxylation is 2. The SMILES string of the molecule is O=C(O)C(=O)O.O=C(O)C(=O)O.O=C(O)C(=O)O.O=C(O)C(=O)O.c1cncc(CCCNCc2cccc(CNCCCc3cccnc3)c2)c1. The second kappa shape index (κ2) is 29.1. The maximum atomic E-state index is 9.10. The van der Waals surface area contributed by atoms with Crippen LogP contribution in [0.1, 0.15) is 35.1 Å². The Balaban J connectivity index is 0. The average Bonchev–Trinajstić information content (AvgIpc) is 3.10. The quantitative estimate of drug-likeness (QED) is 0.0896. The van der Waals surface area contributed by atoms with E-state index >= 15 is 0 Å². The van der Waals surface area contributed by atoms with E-state index in [0.717, 1.165) is 51.9 Å². The first-order chi connectivity index (χ1) is 24.5. The van der Waals surface area contributed by atoms with Crippen LogP contribution in [0, 0.1) is 0 Å². The fraction of sp³-hybridized carbons (Fsp3) is 0.250. The van der Waals surface area contributed by atoms with Crippen LogP contribution < -0.4 is 10.6 Å². The molecule has 0 saturated heterocycles. The maximum Gasteiger partial charge on any atom is 0.414 e. The molecule has 0 spiro atoms. The summed E-state index contributed by atoms with van der Waals surface area (Å²) in [5.41, 5.74) is 5.30. The predicted octanol–water partition coefficient (Wildman–Crippen LogP) is 0.544. The lowest BCUT2D eigenvalue weighted by Gasteiger charge is -2.09. The van der Waals surface area contributed by atoms with Crippen LogP contribution in [0.3, 0.4) is 0 Å². The van der Waals surface area contributed by atoms with Crippen molar-refractivity contribution in [1.82, 2.24) is 20.6 Å². The van der Waals surface area contributed by atoms with Crippen molar-refractivity contribution < 1.29 is 79.2 Å². The van der Waals surface area contributed by atoms with Crippen LogP contribution in [0.5, 0.6) is 0 Å². The van der Waals surface area contributed by atoms with Crippen LogP contribution in [0.4, 0.5) is 0 Å². The van der Waals surface area contributed by atoms with E-state index in [9.17, 15) is 0 Å². The van der Waals surface area contributed by atoms with Gasteiger partial charge in [-0.3, -0.25) is 9.97 Å². The summed E-state index contributed by atoms with van der Waals surface area (Å²) in [6.07, 6.45) is 12.0. The molecule has 20 heteroatoms. The molecule has 3 rings (SSSR count). The second-order valence-corrected chi connectivity index (χ2v) is 9.54. The smallest absolute Gasteiger partial charge is 0.414 e. The standard InChI is InChI=1S/C24H30N4.4C2H2O4/c1-6-23(19-27-14-4-10-21-8-2-12-25-17-21)16-24(7-1)20-28-15-5-11-22-9-3-13-26-18-22;4*3-1(4)2(5)6/h1-3,6-9,12-13,16-18,27-28H,4-5,10-11,14-15,19-20H2;4*(H,3,4)(H,5,6). The van der Waals surface area contributed by atoms with Gasteiger partial charge in [0.15, 0.2) is 0 Å². The van der Waals surface area contributed by atoms with E-state index < -0.39 is 47.8 Å². The summed E-state index contributed by atoms with van der Waals surface area (Å²) >= 11 is 0. The van der Waals surface area contributed by atoms with Crippen molar-refractivity contribution in [2.75, 3.05) is 13.1 Å². The molecular formula is C32H38N4O16. The lowest BCUT2D eigenvalue weighted by molar-refractivity contribution is -0.159. The molecule has 2 heterocycles. The van der Waals surface area contributed by atoms with Crippen molar-refractivity contribution >= 4 is 47.8 Å². The zero-order valence-electron chi connectivity index (χ0n) is 27.3. The summed E-state index contributed by atoms with van der Waals surface area (Å²) < 4.78 is 0. The van der Waals surface area contributed by atoms with Crippen molar-refractivity contribution in [3.63, 3.8) is 0 Å². The maximum absolute atomic E-state index is 9.10. The minimum atomic E-state index is -1.82. The lowest BCUT2D eigenvalue weighted by Crippen LogP contribution is -2.17. The molecule has 20 nitrogen and oxygen atoms in total. The van der Waals surface area contributed by atoms with Crippen LogP contribution in [-0.2, 0) is 64.3 Å². The zero-order valence-corrected chi connectivity index (χ0v) is 27.3. The van der Waals surface area contributed by atoms with Crippen LogP contribution >= 0.6 is 0 Å². The van der Waals surface area contributed by atoms with E-state index in [2.05, 4.69) is 57.0 Å². The van der Waals surface area contributed by atoms with Gasteiger partial charge in [0.25, 0.3) is 0 Å². The Kier molecular flexibility index (Phi) is 26.5. The molecule has 0 aliphatic rings. The third kappa shape index (κ3) is 29.3. The Labute approximate surface area is 295 Å². The molecule has 52 heavy (non-hydrogen) atoms. The molecule has 0 fully saturated rings. The van der Waals surface area contributed by atoms with E-state index in [1.165, 1.54) is 22.3 Å². The minimum absolute atomic E-state index is 0.919. The van der Waals surface area contributed by atoms with Crippen molar-refractivity contribution in [1.29, 1.82) is 0 Å². The highest BCUT2D eigenvalue weighted by Gasteiger charge is 2.06. The largest absolute Gasteiger partial charge is 0.473 e. The van der Waals surface area contributed by atoms with Crippen molar-refractivity contribution in [3.8, 4) is 0 Å².